The monoisotopic (exact) mass is 269 g/mol. The molecule has 0 aliphatic heterocycles. The maximum Gasteiger partial charge on any atom is 0.141 e. The van der Waals surface area contributed by atoms with Gasteiger partial charge in [-0.25, -0.2) is 4.39 Å². The zero-order valence-corrected chi connectivity index (χ0v) is 11.8. The van der Waals surface area contributed by atoms with Crippen LogP contribution in [-0.4, -0.2) is 6.04 Å². The van der Waals surface area contributed by atoms with Gasteiger partial charge in [0.25, 0.3) is 0 Å². The quantitative estimate of drug-likeness (QED) is 0.838. The Labute approximate surface area is 114 Å². The van der Waals surface area contributed by atoms with Crippen molar-refractivity contribution in [3.63, 3.8) is 0 Å². The van der Waals surface area contributed by atoms with Gasteiger partial charge in [-0.05, 0) is 43.4 Å². The highest BCUT2D eigenvalue weighted by atomic mass is 35.5. The van der Waals surface area contributed by atoms with E-state index in [9.17, 15) is 4.39 Å². The summed E-state index contributed by atoms with van der Waals surface area (Å²) in [6.07, 6.45) is 5.12. The topological polar surface area (TPSA) is 12.0 Å². The van der Waals surface area contributed by atoms with Crippen molar-refractivity contribution in [3.05, 3.63) is 34.6 Å². The van der Waals surface area contributed by atoms with Crippen LogP contribution in [0.25, 0.3) is 0 Å². The van der Waals surface area contributed by atoms with Gasteiger partial charge in [-0.2, -0.15) is 0 Å². The van der Waals surface area contributed by atoms with Crippen molar-refractivity contribution in [3.8, 4) is 0 Å². The Bertz CT molecular complexity index is 407. The summed E-state index contributed by atoms with van der Waals surface area (Å²) in [4.78, 5) is 0. The van der Waals surface area contributed by atoms with Gasteiger partial charge < -0.3 is 5.32 Å². The van der Waals surface area contributed by atoms with E-state index in [0.29, 0.717) is 6.04 Å². The molecule has 0 spiro atoms. The first-order valence-electron chi connectivity index (χ1n) is 6.77. The zero-order chi connectivity index (χ0) is 13.1. The van der Waals surface area contributed by atoms with Gasteiger partial charge in [0.05, 0.1) is 5.02 Å². The normalized spacial score (nSPS) is 26.0. The molecule has 1 aromatic rings. The summed E-state index contributed by atoms with van der Waals surface area (Å²) in [5, 5.41) is 3.84. The Hall–Kier alpha value is -0.600. The second kappa shape index (κ2) is 6.03. The highest BCUT2D eigenvalue weighted by molar-refractivity contribution is 6.30. The number of benzene rings is 1. The molecule has 0 saturated heterocycles. The maximum atomic E-state index is 13.1. The Morgan fingerprint density at radius 1 is 1.39 bits per heavy atom. The van der Waals surface area contributed by atoms with Gasteiger partial charge in [0.2, 0.25) is 0 Å². The minimum absolute atomic E-state index is 0.207. The van der Waals surface area contributed by atoms with Crippen LogP contribution in [0.3, 0.4) is 0 Å². The van der Waals surface area contributed by atoms with E-state index in [2.05, 4.69) is 19.2 Å². The largest absolute Gasteiger partial charge is 0.307 e. The first kappa shape index (κ1) is 13.8. The maximum absolute atomic E-state index is 13.1. The van der Waals surface area contributed by atoms with E-state index in [0.717, 1.165) is 11.5 Å². The van der Waals surface area contributed by atoms with Gasteiger partial charge in [-0.15, -0.1) is 0 Å². The molecule has 1 saturated carbocycles. The molecule has 2 rings (SSSR count). The van der Waals surface area contributed by atoms with E-state index < -0.39 is 0 Å². The Morgan fingerprint density at radius 2 is 2.17 bits per heavy atom. The molecule has 1 aliphatic rings. The number of nitrogens with one attached hydrogen (secondary N) is 1. The number of halogens is 2. The fraction of sp³-hybridized carbons (Fsp3) is 0.600. The van der Waals surface area contributed by atoms with Crippen LogP contribution in [0.5, 0.6) is 0 Å². The average Bonchev–Trinajstić information content (AvgIpc) is 2.32. The summed E-state index contributed by atoms with van der Waals surface area (Å²) in [6.45, 7) is 4.43. The predicted octanol–water partition coefficient (Wildman–Crippen LogP) is 4.71. The second-order valence-corrected chi connectivity index (χ2v) is 5.94. The van der Waals surface area contributed by atoms with Gasteiger partial charge in [-0.3, -0.25) is 0 Å². The number of hydrogen-bond acceptors (Lipinski definition) is 1. The molecule has 18 heavy (non-hydrogen) atoms. The van der Waals surface area contributed by atoms with Crippen molar-refractivity contribution >= 4 is 11.6 Å². The van der Waals surface area contributed by atoms with Crippen LogP contribution in [0, 0.1) is 11.7 Å². The van der Waals surface area contributed by atoms with Crippen LogP contribution in [0.2, 0.25) is 5.02 Å². The average molecular weight is 270 g/mol. The van der Waals surface area contributed by atoms with Crippen molar-refractivity contribution < 1.29 is 4.39 Å². The molecule has 0 heterocycles. The van der Waals surface area contributed by atoms with Crippen LogP contribution >= 0.6 is 11.6 Å². The van der Waals surface area contributed by atoms with Gasteiger partial charge in [0.15, 0.2) is 0 Å². The fourth-order valence-electron chi connectivity index (χ4n) is 2.82. The van der Waals surface area contributed by atoms with Crippen LogP contribution in [0.1, 0.15) is 51.1 Å². The smallest absolute Gasteiger partial charge is 0.141 e. The first-order valence-corrected chi connectivity index (χ1v) is 7.15. The molecule has 100 valence electrons. The third-order valence-electron chi connectivity index (χ3n) is 3.87. The summed E-state index contributed by atoms with van der Waals surface area (Å²) in [7, 11) is 0. The van der Waals surface area contributed by atoms with Crippen molar-refractivity contribution in [1.82, 2.24) is 5.32 Å². The summed E-state index contributed by atoms with van der Waals surface area (Å²) >= 11 is 5.82. The van der Waals surface area contributed by atoms with Crippen LogP contribution in [0.15, 0.2) is 18.2 Å². The third kappa shape index (κ3) is 3.46. The minimum Gasteiger partial charge on any atom is -0.307 e. The lowest BCUT2D eigenvalue weighted by molar-refractivity contribution is 0.285. The van der Waals surface area contributed by atoms with E-state index in [1.165, 1.54) is 31.7 Å². The highest BCUT2D eigenvalue weighted by Crippen LogP contribution is 2.26. The van der Waals surface area contributed by atoms with Crippen LogP contribution < -0.4 is 5.32 Å². The predicted molar refractivity (Wildman–Crippen MR) is 74.4 cm³/mol. The van der Waals surface area contributed by atoms with Crippen molar-refractivity contribution in [2.75, 3.05) is 0 Å². The number of hydrogen-bond donors (Lipinski definition) is 1. The molecule has 3 unspecified atom stereocenters. The molecule has 1 N–H and O–H groups in total. The van der Waals surface area contributed by atoms with Crippen LogP contribution in [-0.2, 0) is 0 Å². The van der Waals surface area contributed by atoms with Crippen molar-refractivity contribution in [2.24, 2.45) is 5.92 Å². The highest BCUT2D eigenvalue weighted by Gasteiger charge is 2.20. The SMILES string of the molecule is CC1CCCC(NC(C)c2ccc(F)c(Cl)c2)C1. The summed E-state index contributed by atoms with van der Waals surface area (Å²) in [5.74, 6) is 0.458. The third-order valence-corrected chi connectivity index (χ3v) is 4.16. The van der Waals surface area contributed by atoms with Crippen molar-refractivity contribution in [1.29, 1.82) is 0 Å². The second-order valence-electron chi connectivity index (χ2n) is 5.53. The molecule has 3 heteroatoms. The molecular weight excluding hydrogens is 249 g/mol. The van der Waals surface area contributed by atoms with Gasteiger partial charge in [0, 0.05) is 12.1 Å². The van der Waals surface area contributed by atoms with Crippen molar-refractivity contribution in [2.45, 2.75) is 51.6 Å². The van der Waals surface area contributed by atoms with Gasteiger partial charge in [-0.1, -0.05) is 37.4 Å². The Kier molecular flexibility index (Phi) is 4.63. The van der Waals surface area contributed by atoms with E-state index in [1.54, 1.807) is 6.07 Å². The Morgan fingerprint density at radius 3 is 2.83 bits per heavy atom. The molecule has 0 aromatic heterocycles. The van der Waals surface area contributed by atoms with E-state index in [4.69, 9.17) is 11.6 Å². The lowest BCUT2D eigenvalue weighted by atomic mass is 9.86. The lowest BCUT2D eigenvalue weighted by Crippen LogP contribution is -2.35. The fourth-order valence-corrected chi connectivity index (χ4v) is 3.01. The molecule has 0 radical (unpaired) electrons. The van der Waals surface area contributed by atoms with E-state index in [1.807, 2.05) is 6.07 Å². The van der Waals surface area contributed by atoms with E-state index >= 15 is 0 Å². The molecule has 0 bridgehead atoms. The standard InChI is InChI=1S/C15H21ClFN/c1-10-4-3-5-13(8-10)18-11(2)12-6-7-15(17)14(16)9-12/h6-7,9-11,13,18H,3-5,8H2,1-2H3. The van der Waals surface area contributed by atoms with Gasteiger partial charge in [0.1, 0.15) is 5.82 Å². The summed E-state index contributed by atoms with van der Waals surface area (Å²) in [5.41, 5.74) is 1.06. The lowest BCUT2D eigenvalue weighted by Gasteiger charge is -2.30. The Balaban J connectivity index is 1.98. The first-order chi connectivity index (χ1) is 8.56. The molecular formula is C15H21ClFN. The number of rotatable bonds is 3. The van der Waals surface area contributed by atoms with Gasteiger partial charge >= 0.3 is 0 Å². The summed E-state index contributed by atoms with van der Waals surface area (Å²) in [6, 6.07) is 5.77. The molecule has 1 nitrogen and oxygen atoms in total. The molecule has 1 fully saturated rings. The molecule has 1 aliphatic carbocycles. The minimum atomic E-state index is -0.348. The zero-order valence-electron chi connectivity index (χ0n) is 11.0. The summed E-state index contributed by atoms with van der Waals surface area (Å²) < 4.78 is 13.1. The molecule has 3 atom stereocenters. The van der Waals surface area contributed by atoms with Crippen LogP contribution in [0.4, 0.5) is 4.39 Å². The van der Waals surface area contributed by atoms with E-state index in [-0.39, 0.29) is 16.9 Å². The molecule has 1 aromatic carbocycles. The molecule has 0 amide bonds.